The van der Waals surface area contributed by atoms with Crippen LogP contribution in [-0.4, -0.2) is 51.5 Å². The molecular formula is C23H27N5O3. The molecule has 0 atom stereocenters. The third-order valence-electron chi connectivity index (χ3n) is 5.00. The number of ether oxygens (including phenoxy) is 1. The fraction of sp³-hybridized carbons (Fsp3) is 0.304. The Morgan fingerprint density at radius 2 is 1.84 bits per heavy atom. The lowest BCUT2D eigenvalue weighted by atomic mass is 10.1. The monoisotopic (exact) mass is 421 g/mol. The van der Waals surface area contributed by atoms with Gasteiger partial charge in [0.2, 0.25) is 0 Å². The first-order valence-electron chi connectivity index (χ1n) is 10.2. The summed E-state index contributed by atoms with van der Waals surface area (Å²) in [6.07, 6.45) is 1.80. The summed E-state index contributed by atoms with van der Waals surface area (Å²) in [5, 5.41) is 4.22. The molecule has 0 saturated carbocycles. The van der Waals surface area contributed by atoms with Gasteiger partial charge in [0.25, 0.3) is 11.8 Å². The lowest BCUT2D eigenvalue weighted by molar-refractivity contribution is -0.132. The van der Waals surface area contributed by atoms with Crippen molar-refractivity contribution < 1.29 is 14.3 Å². The lowest BCUT2D eigenvalue weighted by Crippen LogP contribution is -2.34. The molecule has 0 bridgehead atoms. The standard InChI is InChI=1S/C23H27N5O3/c1-5-27(6-2)21(29)15-31-19-12-10-18(11-13-19)16(3)25-26-23(30)22-17(4)24-20-9-7-8-14-28(20)22/h7-14H,5-6,15H2,1-4H3,(H,26,30)/b25-16-. The second-order valence-electron chi connectivity index (χ2n) is 6.99. The molecule has 2 aromatic heterocycles. The zero-order valence-corrected chi connectivity index (χ0v) is 18.3. The second kappa shape index (κ2) is 9.88. The van der Waals surface area contributed by atoms with E-state index in [1.807, 2.05) is 44.2 Å². The zero-order chi connectivity index (χ0) is 22.4. The number of aromatic nitrogens is 2. The average molecular weight is 422 g/mol. The molecule has 0 aliphatic rings. The molecule has 162 valence electrons. The van der Waals surface area contributed by atoms with E-state index in [4.69, 9.17) is 4.74 Å². The molecule has 0 radical (unpaired) electrons. The van der Waals surface area contributed by atoms with Gasteiger partial charge in [-0.2, -0.15) is 5.10 Å². The van der Waals surface area contributed by atoms with Crippen LogP contribution < -0.4 is 10.2 Å². The van der Waals surface area contributed by atoms with Crippen molar-refractivity contribution in [2.45, 2.75) is 27.7 Å². The minimum atomic E-state index is -0.328. The number of fused-ring (bicyclic) bond motifs is 1. The van der Waals surface area contributed by atoms with Gasteiger partial charge in [0.15, 0.2) is 6.61 Å². The van der Waals surface area contributed by atoms with Crippen LogP contribution in [-0.2, 0) is 4.79 Å². The summed E-state index contributed by atoms with van der Waals surface area (Å²) >= 11 is 0. The molecule has 2 heterocycles. The normalized spacial score (nSPS) is 11.4. The fourth-order valence-electron chi connectivity index (χ4n) is 3.24. The number of hydrogen-bond acceptors (Lipinski definition) is 5. The van der Waals surface area contributed by atoms with Gasteiger partial charge in [-0.05, 0) is 69.7 Å². The van der Waals surface area contributed by atoms with E-state index >= 15 is 0 Å². The number of benzene rings is 1. The van der Waals surface area contributed by atoms with Crippen molar-refractivity contribution in [3.63, 3.8) is 0 Å². The molecular weight excluding hydrogens is 394 g/mol. The van der Waals surface area contributed by atoms with E-state index in [9.17, 15) is 9.59 Å². The number of hydrazone groups is 1. The van der Waals surface area contributed by atoms with Crippen LogP contribution in [0.15, 0.2) is 53.8 Å². The second-order valence-corrected chi connectivity index (χ2v) is 6.99. The summed E-state index contributed by atoms with van der Waals surface area (Å²) < 4.78 is 7.32. The van der Waals surface area contributed by atoms with Crippen LogP contribution in [0.2, 0.25) is 0 Å². The summed E-state index contributed by atoms with van der Waals surface area (Å²) in [5.41, 5.74) is 5.88. The number of aryl methyl sites for hydroxylation is 1. The summed E-state index contributed by atoms with van der Waals surface area (Å²) in [7, 11) is 0. The number of rotatable bonds is 8. The Balaban J connectivity index is 1.63. The molecule has 1 N–H and O–H groups in total. The number of nitrogens with one attached hydrogen (secondary N) is 1. The number of nitrogens with zero attached hydrogens (tertiary/aromatic N) is 4. The van der Waals surface area contributed by atoms with Crippen molar-refractivity contribution in [2.24, 2.45) is 5.10 Å². The van der Waals surface area contributed by atoms with E-state index < -0.39 is 0 Å². The fourth-order valence-corrected chi connectivity index (χ4v) is 3.24. The van der Waals surface area contributed by atoms with Crippen LogP contribution in [0.25, 0.3) is 5.65 Å². The van der Waals surface area contributed by atoms with Gasteiger partial charge in [0.1, 0.15) is 17.1 Å². The van der Waals surface area contributed by atoms with Gasteiger partial charge in [-0.15, -0.1) is 0 Å². The first-order valence-corrected chi connectivity index (χ1v) is 10.2. The van der Waals surface area contributed by atoms with E-state index in [1.165, 1.54) is 0 Å². The highest BCUT2D eigenvalue weighted by atomic mass is 16.5. The van der Waals surface area contributed by atoms with Crippen molar-refractivity contribution >= 4 is 23.2 Å². The molecule has 1 aromatic carbocycles. The summed E-state index contributed by atoms with van der Waals surface area (Å²) in [6.45, 7) is 8.80. The van der Waals surface area contributed by atoms with Crippen LogP contribution >= 0.6 is 0 Å². The number of carbonyl (C=O) groups excluding carboxylic acids is 2. The van der Waals surface area contributed by atoms with Gasteiger partial charge >= 0.3 is 0 Å². The molecule has 0 unspecified atom stereocenters. The molecule has 0 aliphatic carbocycles. The Kier molecular flexibility index (Phi) is 7.02. The van der Waals surface area contributed by atoms with Gasteiger partial charge in [-0.25, -0.2) is 10.4 Å². The Hall–Kier alpha value is -3.68. The smallest absolute Gasteiger partial charge is 0.290 e. The van der Waals surface area contributed by atoms with E-state index in [1.54, 1.807) is 41.5 Å². The van der Waals surface area contributed by atoms with Crippen LogP contribution in [0, 0.1) is 6.92 Å². The minimum Gasteiger partial charge on any atom is -0.484 e. The van der Waals surface area contributed by atoms with Gasteiger partial charge < -0.3 is 9.64 Å². The average Bonchev–Trinajstić information content (AvgIpc) is 3.12. The maximum Gasteiger partial charge on any atom is 0.290 e. The summed E-state index contributed by atoms with van der Waals surface area (Å²) in [5.74, 6) is 0.227. The molecule has 8 nitrogen and oxygen atoms in total. The molecule has 2 amide bonds. The van der Waals surface area contributed by atoms with E-state index in [0.29, 0.717) is 41.6 Å². The number of likely N-dealkylation sites (N-methyl/N-ethyl adjacent to an activating group) is 1. The van der Waals surface area contributed by atoms with Crippen molar-refractivity contribution in [1.29, 1.82) is 0 Å². The highest BCUT2D eigenvalue weighted by Gasteiger charge is 2.16. The predicted octanol–water partition coefficient (Wildman–Crippen LogP) is 3.04. The first-order chi connectivity index (χ1) is 14.9. The Morgan fingerprint density at radius 1 is 1.13 bits per heavy atom. The maximum atomic E-state index is 12.6. The summed E-state index contributed by atoms with van der Waals surface area (Å²) in [4.78, 5) is 30.8. The number of amides is 2. The van der Waals surface area contributed by atoms with Crippen LogP contribution in [0.3, 0.4) is 0 Å². The third kappa shape index (κ3) is 5.09. The Labute approximate surface area is 181 Å². The zero-order valence-electron chi connectivity index (χ0n) is 18.3. The first kappa shape index (κ1) is 22.0. The van der Waals surface area contributed by atoms with Crippen molar-refractivity contribution in [3.8, 4) is 5.75 Å². The molecule has 8 heteroatoms. The van der Waals surface area contributed by atoms with Crippen LogP contribution in [0.4, 0.5) is 0 Å². The Morgan fingerprint density at radius 3 is 2.52 bits per heavy atom. The van der Waals surface area contributed by atoms with Gasteiger partial charge in [-0.1, -0.05) is 6.07 Å². The van der Waals surface area contributed by atoms with E-state index in [2.05, 4.69) is 15.5 Å². The third-order valence-corrected chi connectivity index (χ3v) is 5.00. The van der Waals surface area contributed by atoms with Crippen molar-refractivity contribution in [1.82, 2.24) is 19.7 Å². The minimum absolute atomic E-state index is 0.00279. The summed E-state index contributed by atoms with van der Waals surface area (Å²) in [6, 6.07) is 12.8. The van der Waals surface area contributed by atoms with E-state index in [0.717, 1.165) is 5.56 Å². The molecule has 0 fully saturated rings. The van der Waals surface area contributed by atoms with E-state index in [-0.39, 0.29) is 18.4 Å². The highest BCUT2D eigenvalue weighted by molar-refractivity contribution is 6.01. The largest absolute Gasteiger partial charge is 0.484 e. The topological polar surface area (TPSA) is 88.3 Å². The number of carbonyl (C=O) groups is 2. The van der Waals surface area contributed by atoms with Crippen LogP contribution in [0.5, 0.6) is 5.75 Å². The van der Waals surface area contributed by atoms with Gasteiger partial charge in [0.05, 0.1) is 11.4 Å². The number of pyridine rings is 1. The Bertz CT molecular complexity index is 1100. The molecule has 0 saturated heterocycles. The van der Waals surface area contributed by atoms with Crippen LogP contribution in [0.1, 0.15) is 42.5 Å². The predicted molar refractivity (Wildman–Crippen MR) is 119 cm³/mol. The molecule has 31 heavy (non-hydrogen) atoms. The molecule has 0 spiro atoms. The molecule has 3 rings (SSSR count). The lowest BCUT2D eigenvalue weighted by Gasteiger charge is -2.18. The molecule has 3 aromatic rings. The number of imidazole rings is 1. The maximum absolute atomic E-state index is 12.6. The quantitative estimate of drug-likeness (QED) is 0.447. The van der Waals surface area contributed by atoms with Gasteiger partial charge in [-0.3, -0.25) is 14.0 Å². The van der Waals surface area contributed by atoms with Crippen molar-refractivity contribution in [3.05, 3.63) is 65.6 Å². The van der Waals surface area contributed by atoms with Gasteiger partial charge in [0, 0.05) is 19.3 Å². The number of hydrogen-bond donors (Lipinski definition) is 1. The van der Waals surface area contributed by atoms with Crippen molar-refractivity contribution in [2.75, 3.05) is 19.7 Å². The molecule has 0 aliphatic heterocycles. The highest BCUT2D eigenvalue weighted by Crippen LogP contribution is 2.14. The SMILES string of the molecule is CCN(CC)C(=O)COc1ccc(/C(C)=N\NC(=O)c2c(C)nc3ccccn23)cc1.